The Morgan fingerprint density at radius 1 is 1.14 bits per heavy atom. The van der Waals surface area contributed by atoms with Crippen LogP contribution in [0, 0.1) is 5.82 Å². The normalized spacial score (nSPS) is 11.4. The summed E-state index contributed by atoms with van der Waals surface area (Å²) < 4.78 is 41.0. The Labute approximate surface area is 132 Å². The van der Waals surface area contributed by atoms with Crippen molar-refractivity contribution >= 4 is 31.6 Å². The first-order valence-corrected chi connectivity index (χ1v) is 8.77. The Morgan fingerprint density at radius 3 is 2.38 bits per heavy atom. The minimum atomic E-state index is -3.93. The number of hydrogen-bond donors (Lipinski definition) is 1. The molecule has 0 saturated heterocycles. The van der Waals surface area contributed by atoms with Crippen molar-refractivity contribution in [3.63, 3.8) is 0 Å². The van der Waals surface area contributed by atoms with Crippen LogP contribution < -0.4 is 4.72 Å². The molecular weight excluding hydrogens is 357 g/mol. The second-order valence-electron chi connectivity index (χ2n) is 4.63. The van der Waals surface area contributed by atoms with Gasteiger partial charge in [-0.15, -0.1) is 0 Å². The summed E-state index contributed by atoms with van der Waals surface area (Å²) in [6.07, 6.45) is 1.96. The van der Waals surface area contributed by atoms with Crippen LogP contribution in [0.3, 0.4) is 0 Å². The molecule has 1 N–H and O–H groups in total. The molecule has 0 aromatic heterocycles. The van der Waals surface area contributed by atoms with E-state index in [-0.39, 0.29) is 4.90 Å². The maximum absolute atomic E-state index is 13.8. The van der Waals surface area contributed by atoms with Crippen LogP contribution in [0.2, 0.25) is 0 Å². The molecule has 0 aliphatic rings. The number of aryl methyl sites for hydroxylation is 1. The summed E-state index contributed by atoms with van der Waals surface area (Å²) in [4.78, 5) is -0.372. The van der Waals surface area contributed by atoms with Gasteiger partial charge in [-0.05, 0) is 42.3 Å². The molecule has 0 heterocycles. The van der Waals surface area contributed by atoms with E-state index in [1.165, 1.54) is 12.1 Å². The third-order valence-corrected chi connectivity index (χ3v) is 4.84. The molecule has 0 amide bonds. The van der Waals surface area contributed by atoms with Crippen LogP contribution in [0.15, 0.2) is 51.8 Å². The van der Waals surface area contributed by atoms with E-state index in [0.717, 1.165) is 24.5 Å². The molecule has 0 spiro atoms. The van der Waals surface area contributed by atoms with Gasteiger partial charge in [0.2, 0.25) is 0 Å². The Balaban J connectivity index is 2.24. The van der Waals surface area contributed by atoms with Crippen LogP contribution >= 0.6 is 15.9 Å². The number of halogens is 2. The third kappa shape index (κ3) is 4.04. The van der Waals surface area contributed by atoms with Gasteiger partial charge in [0.05, 0.1) is 0 Å². The van der Waals surface area contributed by atoms with Crippen molar-refractivity contribution in [2.24, 2.45) is 0 Å². The van der Waals surface area contributed by atoms with Crippen molar-refractivity contribution in [2.75, 3.05) is 4.72 Å². The van der Waals surface area contributed by atoms with Crippen molar-refractivity contribution < 1.29 is 12.8 Å². The summed E-state index contributed by atoms with van der Waals surface area (Å²) >= 11 is 3.10. The van der Waals surface area contributed by atoms with E-state index in [1.807, 2.05) is 12.1 Å². The highest BCUT2D eigenvalue weighted by atomic mass is 79.9. The van der Waals surface area contributed by atoms with Crippen LogP contribution in [-0.2, 0) is 16.4 Å². The largest absolute Gasteiger partial charge is 0.280 e. The van der Waals surface area contributed by atoms with Crippen molar-refractivity contribution in [1.82, 2.24) is 0 Å². The highest BCUT2D eigenvalue weighted by Gasteiger charge is 2.19. The fourth-order valence-corrected chi connectivity index (χ4v) is 3.38. The lowest BCUT2D eigenvalue weighted by molar-refractivity contribution is 0.570. The van der Waals surface area contributed by atoms with Gasteiger partial charge in [-0.2, -0.15) is 0 Å². The Morgan fingerprint density at radius 2 is 1.81 bits per heavy atom. The van der Waals surface area contributed by atoms with Crippen molar-refractivity contribution in [3.8, 4) is 0 Å². The van der Waals surface area contributed by atoms with E-state index in [9.17, 15) is 12.8 Å². The second-order valence-corrected chi connectivity index (χ2v) is 7.19. The van der Waals surface area contributed by atoms with E-state index in [1.54, 1.807) is 12.1 Å². The molecule has 0 atom stereocenters. The van der Waals surface area contributed by atoms with E-state index < -0.39 is 15.8 Å². The third-order valence-electron chi connectivity index (χ3n) is 2.93. The van der Waals surface area contributed by atoms with Gasteiger partial charge in [0.25, 0.3) is 10.0 Å². The zero-order valence-electron chi connectivity index (χ0n) is 11.4. The number of rotatable bonds is 5. The van der Waals surface area contributed by atoms with Gasteiger partial charge >= 0.3 is 0 Å². The summed E-state index contributed by atoms with van der Waals surface area (Å²) in [6, 6.07) is 10.9. The number of nitrogens with one attached hydrogen (secondary N) is 1. The monoisotopic (exact) mass is 371 g/mol. The smallest absolute Gasteiger partial charge is 0.264 e. The fraction of sp³-hybridized carbons (Fsp3) is 0.200. The van der Waals surface area contributed by atoms with E-state index in [4.69, 9.17) is 0 Å². The molecule has 2 rings (SSSR count). The SMILES string of the molecule is CCCc1ccc(NS(=O)(=O)c2ccc(Br)cc2F)cc1. The minimum absolute atomic E-state index is 0.372. The van der Waals surface area contributed by atoms with Crippen LogP contribution in [-0.4, -0.2) is 8.42 Å². The number of hydrogen-bond acceptors (Lipinski definition) is 2. The first-order chi connectivity index (χ1) is 9.92. The Bertz CT molecular complexity index is 730. The molecule has 3 nitrogen and oxygen atoms in total. The van der Waals surface area contributed by atoms with E-state index in [2.05, 4.69) is 27.6 Å². The maximum atomic E-state index is 13.8. The lowest BCUT2D eigenvalue weighted by Gasteiger charge is -2.09. The predicted molar refractivity (Wildman–Crippen MR) is 85.3 cm³/mol. The highest BCUT2D eigenvalue weighted by Crippen LogP contribution is 2.22. The van der Waals surface area contributed by atoms with E-state index in [0.29, 0.717) is 10.2 Å². The van der Waals surface area contributed by atoms with Crippen molar-refractivity contribution in [2.45, 2.75) is 24.7 Å². The van der Waals surface area contributed by atoms with Crippen LogP contribution in [0.4, 0.5) is 10.1 Å². The Kier molecular flexibility index (Phi) is 5.00. The molecule has 112 valence electrons. The van der Waals surface area contributed by atoms with Gasteiger partial charge in [0.1, 0.15) is 10.7 Å². The molecule has 6 heteroatoms. The highest BCUT2D eigenvalue weighted by molar-refractivity contribution is 9.10. The number of anilines is 1. The van der Waals surface area contributed by atoms with Gasteiger partial charge < -0.3 is 0 Å². The van der Waals surface area contributed by atoms with Crippen LogP contribution in [0.1, 0.15) is 18.9 Å². The molecule has 0 fully saturated rings. The predicted octanol–water partition coefficient (Wildman–Crippen LogP) is 4.34. The summed E-state index contributed by atoms with van der Waals surface area (Å²) in [5.74, 6) is -0.792. The average Bonchev–Trinajstić information content (AvgIpc) is 2.40. The summed E-state index contributed by atoms with van der Waals surface area (Å²) in [5, 5.41) is 0. The zero-order chi connectivity index (χ0) is 15.5. The summed E-state index contributed by atoms with van der Waals surface area (Å²) in [6.45, 7) is 2.08. The second kappa shape index (κ2) is 6.58. The molecular formula is C15H15BrFNO2S. The molecule has 0 aliphatic carbocycles. The van der Waals surface area contributed by atoms with E-state index >= 15 is 0 Å². The molecule has 0 bridgehead atoms. The van der Waals surface area contributed by atoms with Gasteiger partial charge in [0.15, 0.2) is 0 Å². The lowest BCUT2D eigenvalue weighted by Crippen LogP contribution is -2.14. The summed E-state index contributed by atoms with van der Waals surface area (Å²) in [7, 11) is -3.93. The Hall–Kier alpha value is -1.40. The fourth-order valence-electron chi connectivity index (χ4n) is 1.93. The first kappa shape index (κ1) is 16.0. The maximum Gasteiger partial charge on any atom is 0.264 e. The number of benzene rings is 2. The first-order valence-electron chi connectivity index (χ1n) is 6.49. The van der Waals surface area contributed by atoms with Gasteiger partial charge in [0, 0.05) is 10.2 Å². The molecule has 21 heavy (non-hydrogen) atoms. The quantitative estimate of drug-likeness (QED) is 0.849. The molecule has 2 aromatic carbocycles. The molecule has 2 aromatic rings. The molecule has 0 aliphatic heterocycles. The summed E-state index contributed by atoms with van der Waals surface area (Å²) in [5.41, 5.74) is 1.55. The minimum Gasteiger partial charge on any atom is -0.280 e. The van der Waals surface area contributed by atoms with Crippen LogP contribution in [0.25, 0.3) is 0 Å². The van der Waals surface area contributed by atoms with Crippen molar-refractivity contribution in [1.29, 1.82) is 0 Å². The standard InChI is InChI=1S/C15H15BrFNO2S/c1-2-3-11-4-7-13(8-5-11)18-21(19,20)15-9-6-12(16)10-14(15)17/h4-10,18H,2-3H2,1H3. The van der Waals surface area contributed by atoms with Gasteiger partial charge in [-0.1, -0.05) is 41.4 Å². The molecule has 0 saturated carbocycles. The van der Waals surface area contributed by atoms with Gasteiger partial charge in [-0.3, -0.25) is 4.72 Å². The average molecular weight is 372 g/mol. The topological polar surface area (TPSA) is 46.2 Å². The zero-order valence-corrected chi connectivity index (χ0v) is 13.8. The van der Waals surface area contributed by atoms with Crippen molar-refractivity contribution in [3.05, 3.63) is 58.3 Å². The lowest BCUT2D eigenvalue weighted by atomic mass is 10.1. The molecule has 0 radical (unpaired) electrons. The molecule has 0 unspecified atom stereocenters. The van der Waals surface area contributed by atoms with Crippen LogP contribution in [0.5, 0.6) is 0 Å². The van der Waals surface area contributed by atoms with Gasteiger partial charge in [-0.25, -0.2) is 12.8 Å². The number of sulfonamides is 1.